The van der Waals surface area contributed by atoms with E-state index in [1.807, 2.05) is 41.1 Å². The van der Waals surface area contributed by atoms with E-state index < -0.39 is 0 Å². The lowest BCUT2D eigenvalue weighted by Gasteiger charge is -2.07. The quantitative estimate of drug-likeness (QED) is 0.653. The van der Waals surface area contributed by atoms with Crippen LogP contribution in [0.15, 0.2) is 42.5 Å². The van der Waals surface area contributed by atoms with Gasteiger partial charge in [0.15, 0.2) is 0 Å². The van der Waals surface area contributed by atoms with Gasteiger partial charge >= 0.3 is 0 Å². The van der Waals surface area contributed by atoms with E-state index in [2.05, 4.69) is 5.32 Å². The Labute approximate surface area is 148 Å². The summed E-state index contributed by atoms with van der Waals surface area (Å²) in [4.78, 5) is 0. The van der Waals surface area contributed by atoms with Gasteiger partial charge in [-0.1, -0.05) is 46.9 Å². The van der Waals surface area contributed by atoms with Gasteiger partial charge in [-0.2, -0.15) is 5.10 Å². The van der Waals surface area contributed by atoms with Crippen LogP contribution in [0.4, 0.5) is 5.82 Å². The van der Waals surface area contributed by atoms with Crippen LogP contribution in [0.5, 0.6) is 0 Å². The van der Waals surface area contributed by atoms with E-state index in [0.717, 1.165) is 35.7 Å². The molecule has 6 heteroatoms. The van der Waals surface area contributed by atoms with E-state index in [9.17, 15) is 0 Å². The Morgan fingerprint density at radius 2 is 1.74 bits per heavy atom. The lowest BCUT2D eigenvalue weighted by molar-refractivity contribution is 0.882. The summed E-state index contributed by atoms with van der Waals surface area (Å²) in [7, 11) is 0. The van der Waals surface area contributed by atoms with Crippen molar-refractivity contribution in [2.24, 2.45) is 0 Å². The average Bonchev–Trinajstić information content (AvgIpc) is 3.13. The van der Waals surface area contributed by atoms with Gasteiger partial charge in [-0.3, -0.25) is 0 Å². The fourth-order valence-electron chi connectivity index (χ4n) is 2.82. The van der Waals surface area contributed by atoms with Crippen LogP contribution < -0.4 is 5.32 Å². The van der Waals surface area contributed by atoms with Gasteiger partial charge < -0.3 is 5.32 Å². The number of nitrogens with zero attached hydrogens (tertiary/aromatic N) is 2. The molecule has 2 heterocycles. The molecule has 4 rings (SSSR count). The molecule has 0 saturated heterocycles. The van der Waals surface area contributed by atoms with Crippen molar-refractivity contribution in [2.45, 2.75) is 6.42 Å². The fourth-order valence-corrected chi connectivity index (χ4v) is 3.24. The van der Waals surface area contributed by atoms with Crippen molar-refractivity contribution in [3.8, 4) is 16.9 Å². The van der Waals surface area contributed by atoms with Gasteiger partial charge in [-0.15, -0.1) is 0 Å². The van der Waals surface area contributed by atoms with Crippen molar-refractivity contribution >= 4 is 40.6 Å². The second kappa shape index (κ2) is 5.75. The number of hydrogen-bond donors (Lipinski definition) is 1. The van der Waals surface area contributed by atoms with Crippen LogP contribution in [0.3, 0.4) is 0 Å². The van der Waals surface area contributed by atoms with Gasteiger partial charge in [0.05, 0.1) is 21.4 Å². The zero-order valence-electron chi connectivity index (χ0n) is 12.0. The summed E-state index contributed by atoms with van der Waals surface area (Å²) in [6.07, 6.45) is 0.939. The van der Waals surface area contributed by atoms with E-state index in [-0.39, 0.29) is 0 Å². The highest BCUT2D eigenvalue weighted by Crippen LogP contribution is 2.36. The fraction of sp³-hybridized carbons (Fsp3) is 0.118. The summed E-state index contributed by atoms with van der Waals surface area (Å²) >= 11 is 18.1. The van der Waals surface area contributed by atoms with E-state index in [4.69, 9.17) is 39.9 Å². The number of nitrogens with one attached hydrogen (secondary N) is 1. The van der Waals surface area contributed by atoms with Crippen LogP contribution in [0.2, 0.25) is 15.1 Å². The lowest BCUT2D eigenvalue weighted by atomic mass is 10.1. The van der Waals surface area contributed by atoms with Gasteiger partial charge in [0.2, 0.25) is 0 Å². The molecular formula is C17H12Cl3N3. The minimum Gasteiger partial charge on any atom is -0.369 e. The molecule has 0 saturated carbocycles. The minimum absolute atomic E-state index is 0.513. The molecule has 1 aliphatic rings. The molecule has 0 unspecified atom stereocenters. The van der Waals surface area contributed by atoms with Gasteiger partial charge in [0, 0.05) is 22.7 Å². The predicted molar refractivity (Wildman–Crippen MR) is 96.2 cm³/mol. The Morgan fingerprint density at radius 1 is 0.957 bits per heavy atom. The molecule has 0 bridgehead atoms. The molecule has 0 amide bonds. The summed E-state index contributed by atoms with van der Waals surface area (Å²) in [6.45, 7) is 0.898. The van der Waals surface area contributed by atoms with E-state index in [1.54, 1.807) is 6.07 Å². The van der Waals surface area contributed by atoms with Crippen molar-refractivity contribution in [2.75, 3.05) is 11.9 Å². The molecule has 23 heavy (non-hydrogen) atoms. The molecule has 0 radical (unpaired) electrons. The Kier molecular flexibility index (Phi) is 3.72. The van der Waals surface area contributed by atoms with Gasteiger partial charge in [-0.25, -0.2) is 4.68 Å². The average molecular weight is 365 g/mol. The monoisotopic (exact) mass is 363 g/mol. The number of aromatic nitrogens is 2. The van der Waals surface area contributed by atoms with Gasteiger partial charge in [0.25, 0.3) is 0 Å². The first-order valence-corrected chi connectivity index (χ1v) is 8.34. The standard InChI is InChI=1S/C17H12Cl3N3/c18-11-3-1-10(2-4-11)16-13-7-8-21-17(13)23(22-16)12-5-6-14(19)15(20)9-12/h1-6,9,21H,7-8H2. The molecule has 3 nitrogen and oxygen atoms in total. The highest BCUT2D eigenvalue weighted by atomic mass is 35.5. The first kappa shape index (κ1) is 14.9. The summed E-state index contributed by atoms with van der Waals surface area (Å²) in [6, 6.07) is 13.2. The summed E-state index contributed by atoms with van der Waals surface area (Å²) in [5.41, 5.74) is 4.10. The molecule has 2 aromatic carbocycles. The van der Waals surface area contributed by atoms with Crippen molar-refractivity contribution in [3.63, 3.8) is 0 Å². The molecule has 0 aliphatic carbocycles. The van der Waals surface area contributed by atoms with Crippen molar-refractivity contribution in [3.05, 3.63) is 63.1 Å². The first-order chi connectivity index (χ1) is 11.1. The molecule has 1 aliphatic heterocycles. The maximum atomic E-state index is 6.15. The van der Waals surface area contributed by atoms with Crippen LogP contribution >= 0.6 is 34.8 Å². The number of halogens is 3. The number of hydrogen-bond acceptors (Lipinski definition) is 2. The highest BCUT2D eigenvalue weighted by molar-refractivity contribution is 6.42. The number of anilines is 1. The second-order valence-corrected chi connectivity index (χ2v) is 6.62. The maximum Gasteiger partial charge on any atom is 0.133 e. The largest absolute Gasteiger partial charge is 0.369 e. The molecule has 0 spiro atoms. The van der Waals surface area contributed by atoms with Gasteiger partial charge in [-0.05, 0) is 36.8 Å². The molecule has 1 N–H and O–H groups in total. The zero-order valence-corrected chi connectivity index (χ0v) is 14.3. The minimum atomic E-state index is 0.513. The zero-order chi connectivity index (χ0) is 16.0. The van der Waals surface area contributed by atoms with E-state index in [0.29, 0.717) is 15.1 Å². The van der Waals surface area contributed by atoms with Crippen LogP contribution in [0.1, 0.15) is 5.56 Å². The van der Waals surface area contributed by atoms with Crippen molar-refractivity contribution in [1.82, 2.24) is 9.78 Å². The smallest absolute Gasteiger partial charge is 0.133 e. The third-order valence-electron chi connectivity index (χ3n) is 3.92. The number of benzene rings is 2. The summed E-state index contributed by atoms with van der Waals surface area (Å²) in [5, 5.41) is 9.94. The van der Waals surface area contributed by atoms with Crippen LogP contribution in [0, 0.1) is 0 Å². The predicted octanol–water partition coefficient (Wildman–Crippen LogP) is 5.47. The summed E-state index contributed by atoms with van der Waals surface area (Å²) < 4.78 is 1.88. The maximum absolute atomic E-state index is 6.15. The SMILES string of the molecule is Clc1ccc(-c2nn(-c3ccc(Cl)c(Cl)c3)c3c2CCN3)cc1. The number of fused-ring (bicyclic) bond motifs is 1. The first-order valence-electron chi connectivity index (χ1n) is 7.20. The Balaban J connectivity index is 1.87. The van der Waals surface area contributed by atoms with E-state index in [1.165, 1.54) is 5.56 Å². The van der Waals surface area contributed by atoms with E-state index >= 15 is 0 Å². The number of rotatable bonds is 2. The molecule has 116 valence electrons. The normalized spacial score (nSPS) is 13.0. The topological polar surface area (TPSA) is 29.9 Å². The van der Waals surface area contributed by atoms with Crippen LogP contribution in [0.25, 0.3) is 16.9 Å². The second-order valence-electron chi connectivity index (χ2n) is 5.37. The third kappa shape index (κ3) is 2.59. The molecule has 1 aromatic heterocycles. The Morgan fingerprint density at radius 3 is 2.48 bits per heavy atom. The van der Waals surface area contributed by atoms with Crippen molar-refractivity contribution in [1.29, 1.82) is 0 Å². The molecule has 0 fully saturated rings. The molecule has 3 aromatic rings. The molecular weight excluding hydrogens is 353 g/mol. The van der Waals surface area contributed by atoms with Crippen LogP contribution in [-0.2, 0) is 6.42 Å². The molecule has 0 atom stereocenters. The van der Waals surface area contributed by atoms with Gasteiger partial charge in [0.1, 0.15) is 5.82 Å². The third-order valence-corrected chi connectivity index (χ3v) is 4.91. The van der Waals surface area contributed by atoms with Crippen LogP contribution in [-0.4, -0.2) is 16.3 Å². The Hall–Kier alpha value is -1.68. The van der Waals surface area contributed by atoms with Crippen molar-refractivity contribution < 1.29 is 0 Å². The summed E-state index contributed by atoms with van der Waals surface area (Å²) in [5.74, 6) is 1.01. The Bertz CT molecular complexity index is 885. The highest BCUT2D eigenvalue weighted by Gasteiger charge is 2.24. The lowest BCUT2D eigenvalue weighted by Crippen LogP contribution is -2.04.